The maximum absolute atomic E-state index is 13.1. The fraction of sp³-hybridized carbons (Fsp3) is 0.476. The molecule has 1 aromatic heterocycles. The second-order valence-corrected chi connectivity index (χ2v) is 7.83. The number of hydrogen-bond acceptors (Lipinski definition) is 5. The predicted octanol–water partition coefficient (Wildman–Crippen LogP) is 3.07. The van der Waals surface area contributed by atoms with Crippen LogP contribution in [0.4, 0.5) is 16.0 Å². The molecular weight excluding hydrogens is 357 g/mol. The second-order valence-electron chi connectivity index (χ2n) is 7.83. The van der Waals surface area contributed by atoms with Crippen molar-refractivity contribution in [2.45, 2.75) is 38.8 Å². The molecule has 2 atom stereocenters. The van der Waals surface area contributed by atoms with E-state index in [4.69, 9.17) is 0 Å². The summed E-state index contributed by atoms with van der Waals surface area (Å²) in [6.45, 7) is 5.45. The lowest BCUT2D eigenvalue weighted by molar-refractivity contribution is -0.128. The average Bonchev–Trinajstić information content (AvgIpc) is 3.03. The van der Waals surface area contributed by atoms with Crippen LogP contribution in [-0.2, 0) is 11.3 Å². The van der Waals surface area contributed by atoms with Crippen molar-refractivity contribution in [1.29, 1.82) is 0 Å². The van der Waals surface area contributed by atoms with Gasteiger partial charge in [-0.2, -0.15) is 0 Å². The van der Waals surface area contributed by atoms with Crippen LogP contribution in [0.25, 0.3) is 0 Å². The molecule has 2 unspecified atom stereocenters. The molecule has 0 spiro atoms. The summed E-state index contributed by atoms with van der Waals surface area (Å²) >= 11 is 0. The zero-order chi connectivity index (χ0) is 19.5. The molecule has 2 saturated heterocycles. The van der Waals surface area contributed by atoms with Gasteiger partial charge in [-0.25, -0.2) is 14.4 Å². The first-order chi connectivity index (χ1) is 13.6. The van der Waals surface area contributed by atoms with E-state index >= 15 is 0 Å². The minimum atomic E-state index is -0.288. The van der Waals surface area contributed by atoms with Crippen LogP contribution >= 0.6 is 0 Å². The molecule has 1 aromatic carbocycles. The maximum Gasteiger partial charge on any atom is 0.245 e. The third-order valence-electron chi connectivity index (χ3n) is 5.54. The third-order valence-corrected chi connectivity index (χ3v) is 5.54. The Kier molecular flexibility index (Phi) is 5.41. The van der Waals surface area contributed by atoms with Gasteiger partial charge >= 0.3 is 0 Å². The number of rotatable bonds is 5. The number of carbonyl (C=O) groups is 1. The number of amides is 1. The Morgan fingerprint density at radius 1 is 1.18 bits per heavy atom. The Labute approximate surface area is 164 Å². The lowest BCUT2D eigenvalue weighted by Gasteiger charge is -2.31. The Morgan fingerprint density at radius 2 is 2.00 bits per heavy atom. The van der Waals surface area contributed by atoms with Gasteiger partial charge in [-0.3, -0.25) is 4.79 Å². The van der Waals surface area contributed by atoms with E-state index < -0.39 is 0 Å². The van der Waals surface area contributed by atoms with Gasteiger partial charge in [-0.15, -0.1) is 0 Å². The molecule has 2 fully saturated rings. The fourth-order valence-corrected chi connectivity index (χ4v) is 4.01. The Balaban J connectivity index is 1.38. The van der Waals surface area contributed by atoms with E-state index in [0.717, 1.165) is 30.9 Å². The van der Waals surface area contributed by atoms with E-state index in [1.807, 2.05) is 6.07 Å². The van der Waals surface area contributed by atoms with Crippen LogP contribution in [0, 0.1) is 11.7 Å². The minimum Gasteiger partial charge on any atom is -0.358 e. The average molecular weight is 383 g/mol. The monoisotopic (exact) mass is 383 g/mol. The van der Waals surface area contributed by atoms with E-state index in [0.29, 0.717) is 24.8 Å². The number of hydrogen-bond donors (Lipinski definition) is 1. The standard InChI is InChI=1S/C21H26FN5O/c1-15-3-2-9-26(12-15)20-11-19(23-14-24-20)25-18-8-10-27(21(18)28)13-16-4-6-17(22)7-5-16/h4-7,11,14-15,18H,2-3,8-10,12-13H2,1H3,(H,23,24,25). The SMILES string of the molecule is CC1CCCN(c2cc(NC3CCN(Cc4ccc(F)cc4)C3=O)ncn2)C1. The summed E-state index contributed by atoms with van der Waals surface area (Å²) in [5.41, 5.74) is 0.930. The Bertz CT molecular complexity index is 828. The van der Waals surface area contributed by atoms with Gasteiger partial charge in [-0.05, 0) is 42.9 Å². The molecule has 0 bridgehead atoms. The van der Waals surface area contributed by atoms with Crippen molar-refractivity contribution >= 4 is 17.5 Å². The molecule has 0 radical (unpaired) electrons. The fourth-order valence-electron chi connectivity index (χ4n) is 4.01. The highest BCUT2D eigenvalue weighted by Gasteiger charge is 2.32. The van der Waals surface area contributed by atoms with Gasteiger partial charge in [0.15, 0.2) is 0 Å². The summed E-state index contributed by atoms with van der Waals surface area (Å²) in [6, 6.07) is 7.95. The first-order valence-electron chi connectivity index (χ1n) is 9.95. The van der Waals surface area contributed by atoms with Crippen molar-refractivity contribution in [3.63, 3.8) is 0 Å². The Morgan fingerprint density at radius 3 is 2.79 bits per heavy atom. The highest BCUT2D eigenvalue weighted by atomic mass is 19.1. The summed E-state index contributed by atoms with van der Waals surface area (Å²) < 4.78 is 13.1. The van der Waals surface area contributed by atoms with Crippen molar-refractivity contribution in [3.05, 3.63) is 48.0 Å². The molecule has 148 valence electrons. The second kappa shape index (κ2) is 8.12. The van der Waals surface area contributed by atoms with Crippen LogP contribution < -0.4 is 10.2 Å². The lowest BCUT2D eigenvalue weighted by Crippen LogP contribution is -2.35. The highest BCUT2D eigenvalue weighted by molar-refractivity contribution is 5.86. The first-order valence-corrected chi connectivity index (χ1v) is 9.95. The molecule has 7 heteroatoms. The van der Waals surface area contributed by atoms with E-state index in [9.17, 15) is 9.18 Å². The topological polar surface area (TPSA) is 61.4 Å². The van der Waals surface area contributed by atoms with Crippen LogP contribution in [0.2, 0.25) is 0 Å². The number of nitrogens with zero attached hydrogens (tertiary/aromatic N) is 4. The summed E-state index contributed by atoms with van der Waals surface area (Å²) in [5, 5.41) is 3.28. The number of benzene rings is 1. The van der Waals surface area contributed by atoms with E-state index in [-0.39, 0.29) is 17.8 Å². The van der Waals surface area contributed by atoms with Gasteiger partial charge in [-0.1, -0.05) is 19.1 Å². The highest BCUT2D eigenvalue weighted by Crippen LogP contribution is 2.24. The van der Waals surface area contributed by atoms with Gasteiger partial charge in [0.1, 0.15) is 29.8 Å². The van der Waals surface area contributed by atoms with Crippen LogP contribution in [-0.4, -0.2) is 46.5 Å². The molecular formula is C21H26FN5O. The van der Waals surface area contributed by atoms with Crippen LogP contribution in [0.1, 0.15) is 31.7 Å². The smallest absolute Gasteiger partial charge is 0.245 e. The molecule has 1 amide bonds. The molecule has 2 aliphatic rings. The van der Waals surface area contributed by atoms with Crippen molar-refractivity contribution in [2.75, 3.05) is 29.9 Å². The molecule has 6 nitrogen and oxygen atoms in total. The van der Waals surface area contributed by atoms with Crippen molar-refractivity contribution < 1.29 is 9.18 Å². The zero-order valence-corrected chi connectivity index (χ0v) is 16.1. The van der Waals surface area contributed by atoms with E-state index in [1.165, 1.54) is 25.0 Å². The normalized spacial score (nSPS) is 22.6. The number of carbonyl (C=O) groups excluding carboxylic acids is 1. The number of aromatic nitrogens is 2. The summed E-state index contributed by atoms with van der Waals surface area (Å²) in [7, 11) is 0. The largest absolute Gasteiger partial charge is 0.358 e. The molecule has 0 aliphatic carbocycles. The molecule has 1 N–H and O–H groups in total. The van der Waals surface area contributed by atoms with E-state index in [2.05, 4.69) is 27.1 Å². The van der Waals surface area contributed by atoms with Crippen LogP contribution in [0.15, 0.2) is 36.7 Å². The van der Waals surface area contributed by atoms with Gasteiger partial charge < -0.3 is 15.1 Å². The van der Waals surface area contributed by atoms with Crippen molar-refractivity contribution in [1.82, 2.24) is 14.9 Å². The minimum absolute atomic E-state index is 0.0519. The Hall–Kier alpha value is -2.70. The van der Waals surface area contributed by atoms with Crippen molar-refractivity contribution in [3.8, 4) is 0 Å². The number of anilines is 2. The number of halogens is 1. The van der Waals surface area contributed by atoms with Gasteiger partial charge in [0, 0.05) is 32.2 Å². The summed E-state index contributed by atoms with van der Waals surface area (Å²) in [4.78, 5) is 25.6. The van der Waals surface area contributed by atoms with E-state index in [1.54, 1.807) is 23.4 Å². The van der Waals surface area contributed by atoms with Gasteiger partial charge in [0.25, 0.3) is 0 Å². The van der Waals surface area contributed by atoms with Crippen molar-refractivity contribution in [2.24, 2.45) is 5.92 Å². The van der Waals surface area contributed by atoms with Gasteiger partial charge in [0.05, 0.1) is 0 Å². The zero-order valence-electron chi connectivity index (χ0n) is 16.1. The predicted molar refractivity (Wildman–Crippen MR) is 106 cm³/mol. The quantitative estimate of drug-likeness (QED) is 0.860. The lowest BCUT2D eigenvalue weighted by atomic mass is 10.0. The number of piperidine rings is 1. The number of likely N-dealkylation sites (tertiary alicyclic amines) is 1. The van der Waals surface area contributed by atoms with Gasteiger partial charge in [0.2, 0.25) is 5.91 Å². The summed E-state index contributed by atoms with van der Waals surface area (Å²) in [6.07, 6.45) is 4.72. The molecule has 4 rings (SSSR count). The molecule has 3 heterocycles. The molecule has 0 saturated carbocycles. The summed E-state index contributed by atoms with van der Waals surface area (Å²) in [5.74, 6) is 2.05. The molecule has 2 aromatic rings. The first kappa shape index (κ1) is 18.7. The molecule has 2 aliphatic heterocycles. The van der Waals surface area contributed by atoms with Crippen LogP contribution in [0.5, 0.6) is 0 Å². The maximum atomic E-state index is 13.1. The molecule has 28 heavy (non-hydrogen) atoms. The van der Waals surface area contributed by atoms with Crippen LogP contribution in [0.3, 0.4) is 0 Å². The third kappa shape index (κ3) is 4.24. The number of nitrogens with one attached hydrogen (secondary N) is 1.